The van der Waals surface area contributed by atoms with Crippen molar-refractivity contribution in [1.82, 2.24) is 14.3 Å². The van der Waals surface area contributed by atoms with Crippen molar-refractivity contribution < 1.29 is 22.7 Å². The van der Waals surface area contributed by atoms with Gasteiger partial charge in [0.25, 0.3) is 21.5 Å². The van der Waals surface area contributed by atoms with Crippen LogP contribution in [0.15, 0.2) is 58.2 Å². The smallest absolute Gasteiger partial charge is 0.338 e. The lowest BCUT2D eigenvalue weighted by atomic mass is 10.0. The molecule has 202 valence electrons. The van der Waals surface area contributed by atoms with E-state index in [4.69, 9.17) is 16.3 Å². The number of hydrogen-bond donors (Lipinski definition) is 1. The fourth-order valence-corrected chi connectivity index (χ4v) is 5.92. The van der Waals surface area contributed by atoms with Gasteiger partial charge in [0.1, 0.15) is 5.69 Å². The minimum atomic E-state index is -4.32. The van der Waals surface area contributed by atoms with Crippen molar-refractivity contribution in [2.75, 3.05) is 24.4 Å². The van der Waals surface area contributed by atoms with E-state index in [2.05, 4.69) is 11.6 Å². The van der Waals surface area contributed by atoms with Crippen LogP contribution in [-0.4, -0.2) is 54.3 Å². The van der Waals surface area contributed by atoms with Crippen LogP contribution in [-0.2, 0) is 26.6 Å². The number of likely N-dealkylation sites (tertiary alicyclic amines) is 1. The van der Waals surface area contributed by atoms with Gasteiger partial charge in [-0.15, -0.1) is 0 Å². The highest BCUT2D eigenvalue weighted by Crippen LogP contribution is 2.23. The third kappa shape index (κ3) is 5.78. The van der Waals surface area contributed by atoms with Crippen molar-refractivity contribution in [3.63, 3.8) is 0 Å². The summed E-state index contributed by atoms with van der Waals surface area (Å²) in [5.74, 6) is -0.818. The Balaban J connectivity index is 1.55. The Morgan fingerprint density at radius 1 is 1.16 bits per heavy atom. The first-order chi connectivity index (χ1) is 18.0. The first-order valence-corrected chi connectivity index (χ1v) is 14.0. The summed E-state index contributed by atoms with van der Waals surface area (Å²) < 4.78 is 36.9. The molecule has 1 aromatic heterocycles. The van der Waals surface area contributed by atoms with Crippen molar-refractivity contribution >= 4 is 39.2 Å². The highest BCUT2D eigenvalue weighted by atomic mass is 35.5. The summed E-state index contributed by atoms with van der Waals surface area (Å²) >= 11 is 6.13. The summed E-state index contributed by atoms with van der Waals surface area (Å²) in [4.78, 5) is 39.6. The van der Waals surface area contributed by atoms with Crippen LogP contribution < -0.4 is 10.3 Å². The Morgan fingerprint density at radius 2 is 1.87 bits per heavy atom. The molecule has 0 spiro atoms. The van der Waals surface area contributed by atoms with Crippen LogP contribution in [0.2, 0.25) is 5.02 Å². The number of sulfonamides is 1. The van der Waals surface area contributed by atoms with Crippen LogP contribution in [0.3, 0.4) is 0 Å². The van der Waals surface area contributed by atoms with Crippen LogP contribution in [0, 0.1) is 12.8 Å². The zero-order valence-corrected chi connectivity index (χ0v) is 22.9. The maximum absolute atomic E-state index is 13.3. The van der Waals surface area contributed by atoms with E-state index < -0.39 is 28.2 Å². The molecule has 10 nitrogen and oxygen atoms in total. The van der Waals surface area contributed by atoms with Crippen molar-refractivity contribution in [3.8, 4) is 5.69 Å². The summed E-state index contributed by atoms with van der Waals surface area (Å²) in [5, 5.41) is -0.0255. The highest BCUT2D eigenvalue weighted by molar-refractivity contribution is 7.92. The number of carbonyl (C=O) groups excluding carboxylic acids is 2. The van der Waals surface area contributed by atoms with Gasteiger partial charge in [-0.25, -0.2) is 17.9 Å². The molecular formula is C26H29ClN4O6S. The minimum Gasteiger partial charge on any atom is -0.452 e. The first-order valence-electron chi connectivity index (χ1n) is 12.1. The molecule has 2 aromatic carbocycles. The third-order valence-corrected chi connectivity index (χ3v) is 8.09. The van der Waals surface area contributed by atoms with E-state index in [0.29, 0.717) is 30.4 Å². The van der Waals surface area contributed by atoms with Crippen LogP contribution in [0.25, 0.3) is 5.69 Å². The standard InChI is InChI=1S/C26H29ClN4O6S/c1-17-8-7-11-30(15-17)23(32)16-37-26(34)19-12-20(27)14-22(13-19)38(35,36)28-24-18(2)29(3)31(25(24)33)21-9-5-4-6-10-21/h4-6,9-10,12-14,17,28H,7-8,11,15-16H2,1-3H3. The molecule has 38 heavy (non-hydrogen) atoms. The van der Waals surface area contributed by atoms with Crippen LogP contribution in [0.1, 0.15) is 35.8 Å². The third-order valence-electron chi connectivity index (χ3n) is 6.54. The number of aromatic nitrogens is 2. The number of carbonyl (C=O) groups is 2. The second kappa shape index (κ2) is 11.0. The highest BCUT2D eigenvalue weighted by Gasteiger charge is 2.25. The van der Waals surface area contributed by atoms with Crippen molar-refractivity contribution in [2.24, 2.45) is 13.0 Å². The summed E-state index contributed by atoms with van der Waals surface area (Å²) in [5.41, 5.74) is 0.113. The SMILES string of the molecule is Cc1c(NS(=O)(=O)c2cc(Cl)cc(C(=O)OCC(=O)N3CCCC(C)C3)c2)c(=O)n(-c2ccccc2)n1C. The monoisotopic (exact) mass is 560 g/mol. The van der Waals surface area contributed by atoms with E-state index >= 15 is 0 Å². The zero-order chi connectivity index (χ0) is 27.6. The van der Waals surface area contributed by atoms with E-state index in [1.165, 1.54) is 15.4 Å². The lowest BCUT2D eigenvalue weighted by Crippen LogP contribution is -2.41. The van der Waals surface area contributed by atoms with Gasteiger partial charge in [-0.05, 0) is 56.0 Å². The van der Waals surface area contributed by atoms with E-state index in [0.717, 1.165) is 25.0 Å². The molecule has 0 bridgehead atoms. The van der Waals surface area contributed by atoms with E-state index in [1.807, 2.05) is 0 Å². The van der Waals surface area contributed by atoms with Gasteiger partial charge in [-0.3, -0.25) is 19.0 Å². The number of halogens is 1. The van der Waals surface area contributed by atoms with Gasteiger partial charge in [0.15, 0.2) is 6.61 Å². The quantitative estimate of drug-likeness (QED) is 0.443. The van der Waals surface area contributed by atoms with Gasteiger partial charge in [0.05, 0.1) is 21.8 Å². The van der Waals surface area contributed by atoms with Crippen LogP contribution in [0.5, 0.6) is 0 Å². The lowest BCUT2D eigenvalue weighted by molar-refractivity contribution is -0.136. The molecule has 1 aliphatic heterocycles. The molecule has 0 radical (unpaired) electrons. The number of para-hydroxylation sites is 1. The number of piperidine rings is 1. The number of anilines is 1. The fraction of sp³-hybridized carbons (Fsp3) is 0.346. The number of nitrogens with one attached hydrogen (secondary N) is 1. The molecular weight excluding hydrogens is 532 g/mol. The number of esters is 1. The zero-order valence-electron chi connectivity index (χ0n) is 21.3. The maximum atomic E-state index is 13.3. The molecule has 2 heterocycles. The number of hydrogen-bond acceptors (Lipinski definition) is 6. The Morgan fingerprint density at radius 3 is 2.55 bits per heavy atom. The summed E-state index contributed by atoms with van der Waals surface area (Å²) in [6.07, 6.45) is 1.93. The molecule has 12 heteroatoms. The van der Waals surface area contributed by atoms with Gasteiger partial charge in [-0.1, -0.05) is 36.7 Å². The van der Waals surface area contributed by atoms with Crippen molar-refractivity contribution in [1.29, 1.82) is 0 Å². The van der Waals surface area contributed by atoms with Gasteiger partial charge in [0, 0.05) is 25.2 Å². The van der Waals surface area contributed by atoms with Gasteiger partial charge >= 0.3 is 5.97 Å². The molecule has 4 rings (SSSR count). The van der Waals surface area contributed by atoms with Crippen molar-refractivity contribution in [3.05, 3.63) is 75.2 Å². The molecule has 1 unspecified atom stereocenters. The van der Waals surface area contributed by atoms with Gasteiger partial charge < -0.3 is 9.64 Å². The molecule has 1 fully saturated rings. The first kappa shape index (κ1) is 27.5. The number of ether oxygens (including phenoxy) is 1. The molecule has 1 atom stereocenters. The number of rotatable bonds is 7. The van der Waals surface area contributed by atoms with Gasteiger partial charge in [-0.2, -0.15) is 0 Å². The molecule has 1 N–H and O–H groups in total. The lowest BCUT2D eigenvalue weighted by Gasteiger charge is -2.30. The van der Waals surface area contributed by atoms with E-state index in [-0.39, 0.29) is 27.1 Å². The van der Waals surface area contributed by atoms with E-state index in [1.54, 1.807) is 49.2 Å². The Labute approximate surface area is 225 Å². The van der Waals surface area contributed by atoms with Crippen LogP contribution >= 0.6 is 11.6 Å². The summed E-state index contributed by atoms with van der Waals surface area (Å²) in [6.45, 7) is 4.42. The molecule has 0 saturated carbocycles. The normalized spacial score (nSPS) is 15.8. The molecule has 0 aliphatic carbocycles. The topological polar surface area (TPSA) is 120 Å². The largest absolute Gasteiger partial charge is 0.452 e. The molecule has 1 saturated heterocycles. The summed E-state index contributed by atoms with van der Waals surface area (Å²) in [6, 6.07) is 12.3. The predicted octanol–water partition coefficient (Wildman–Crippen LogP) is 3.35. The Hall–Kier alpha value is -3.57. The summed E-state index contributed by atoms with van der Waals surface area (Å²) in [7, 11) is -2.68. The molecule has 1 aliphatic rings. The molecule has 1 amide bonds. The Kier molecular flexibility index (Phi) is 7.98. The van der Waals surface area contributed by atoms with E-state index in [9.17, 15) is 22.8 Å². The average Bonchev–Trinajstić information content (AvgIpc) is 3.09. The van der Waals surface area contributed by atoms with Crippen molar-refractivity contribution in [2.45, 2.75) is 31.6 Å². The van der Waals surface area contributed by atoms with Gasteiger partial charge in [0.2, 0.25) is 0 Å². The predicted molar refractivity (Wildman–Crippen MR) is 143 cm³/mol. The maximum Gasteiger partial charge on any atom is 0.338 e. The molecule has 3 aromatic rings. The number of amides is 1. The average molecular weight is 561 g/mol. The second-order valence-electron chi connectivity index (χ2n) is 9.38. The Bertz CT molecular complexity index is 1530. The minimum absolute atomic E-state index is 0.0255. The second-order valence-corrected chi connectivity index (χ2v) is 11.5. The number of benzene rings is 2. The fourth-order valence-electron chi connectivity index (χ4n) is 4.43. The number of nitrogens with zero attached hydrogens (tertiary/aromatic N) is 3. The van der Waals surface area contributed by atoms with Crippen LogP contribution in [0.4, 0.5) is 5.69 Å².